The number of thiazole rings is 1. The lowest BCUT2D eigenvalue weighted by Gasteiger charge is -2.24. The summed E-state index contributed by atoms with van der Waals surface area (Å²) < 4.78 is 17.3. The van der Waals surface area contributed by atoms with Gasteiger partial charge in [0.05, 0.1) is 35.6 Å². The third kappa shape index (κ3) is 5.16. The Labute approximate surface area is 211 Å². The molecule has 0 unspecified atom stereocenters. The molecule has 0 saturated carbocycles. The van der Waals surface area contributed by atoms with Gasteiger partial charge in [0.25, 0.3) is 5.56 Å². The Balaban J connectivity index is 1.77. The summed E-state index contributed by atoms with van der Waals surface area (Å²) in [6.07, 6.45) is 1.77. The molecule has 4 rings (SSSR count). The fraction of sp³-hybridized carbons (Fsp3) is 0.259. The van der Waals surface area contributed by atoms with Gasteiger partial charge >= 0.3 is 11.9 Å². The number of aryl methyl sites for hydroxylation is 1. The van der Waals surface area contributed by atoms with E-state index in [1.165, 1.54) is 18.4 Å². The Bertz CT molecular complexity index is 1500. The molecule has 3 aromatic rings. The predicted molar refractivity (Wildman–Crippen MR) is 136 cm³/mol. The highest BCUT2D eigenvalue weighted by Crippen LogP contribution is 2.30. The first-order valence-corrected chi connectivity index (χ1v) is 12.2. The van der Waals surface area contributed by atoms with Gasteiger partial charge in [0.1, 0.15) is 5.75 Å². The normalized spacial score (nSPS) is 15.2. The van der Waals surface area contributed by atoms with Crippen molar-refractivity contribution in [3.63, 3.8) is 0 Å². The van der Waals surface area contributed by atoms with Crippen molar-refractivity contribution >= 4 is 29.4 Å². The predicted octanol–water partition coefficient (Wildman–Crippen LogP) is 2.66. The summed E-state index contributed by atoms with van der Waals surface area (Å²) in [5.41, 5.74) is 3.29. The molecular weight excluding hydrogens is 480 g/mol. The maximum absolute atomic E-state index is 13.6. The molecule has 0 fully saturated rings. The van der Waals surface area contributed by atoms with Gasteiger partial charge in [0.15, 0.2) is 11.4 Å². The number of aromatic nitrogens is 1. The molecule has 0 spiro atoms. The van der Waals surface area contributed by atoms with Crippen LogP contribution in [-0.2, 0) is 19.1 Å². The third-order valence-corrected chi connectivity index (χ3v) is 6.66. The van der Waals surface area contributed by atoms with Crippen LogP contribution in [0, 0.1) is 6.92 Å². The van der Waals surface area contributed by atoms with Crippen molar-refractivity contribution in [1.82, 2.24) is 4.57 Å². The van der Waals surface area contributed by atoms with Crippen LogP contribution in [0.3, 0.4) is 0 Å². The van der Waals surface area contributed by atoms with E-state index in [2.05, 4.69) is 9.73 Å². The second-order valence-corrected chi connectivity index (χ2v) is 9.16. The molecule has 36 heavy (non-hydrogen) atoms. The zero-order valence-electron chi connectivity index (χ0n) is 20.4. The van der Waals surface area contributed by atoms with Gasteiger partial charge in [-0.25, -0.2) is 14.6 Å². The molecule has 0 aliphatic carbocycles. The summed E-state index contributed by atoms with van der Waals surface area (Å²) in [5.74, 6) is -0.449. The molecule has 0 saturated heterocycles. The van der Waals surface area contributed by atoms with Crippen LogP contribution < -0.4 is 19.6 Å². The summed E-state index contributed by atoms with van der Waals surface area (Å²) in [6, 6.07) is 14.1. The highest BCUT2D eigenvalue weighted by molar-refractivity contribution is 7.07. The quantitative estimate of drug-likeness (QED) is 0.457. The average Bonchev–Trinajstić information content (AvgIpc) is 3.17. The fourth-order valence-corrected chi connectivity index (χ4v) is 4.92. The lowest BCUT2D eigenvalue weighted by Crippen LogP contribution is -2.39. The molecule has 1 aromatic heterocycles. The SMILES string of the molecule is CCOC(=O)C1=C(C)N=c2s/c(=C/c3ccc(OCC(=O)OC)cc3)c(=O)n2[C@@H]1c1ccc(C)cc1. The number of allylic oxidation sites excluding steroid dienone is 1. The van der Waals surface area contributed by atoms with Gasteiger partial charge < -0.3 is 14.2 Å². The van der Waals surface area contributed by atoms with Gasteiger partial charge in [-0.3, -0.25) is 9.36 Å². The number of fused-ring (bicyclic) bond motifs is 1. The summed E-state index contributed by atoms with van der Waals surface area (Å²) >= 11 is 1.26. The molecule has 9 heteroatoms. The second kappa shape index (κ2) is 10.7. The number of nitrogens with zero attached hydrogens (tertiary/aromatic N) is 2. The first-order chi connectivity index (χ1) is 17.3. The van der Waals surface area contributed by atoms with Crippen LogP contribution in [0.4, 0.5) is 0 Å². The van der Waals surface area contributed by atoms with Gasteiger partial charge in [-0.1, -0.05) is 53.3 Å². The molecule has 0 bridgehead atoms. The highest BCUT2D eigenvalue weighted by atomic mass is 32.1. The van der Waals surface area contributed by atoms with Crippen molar-refractivity contribution in [2.75, 3.05) is 20.3 Å². The van der Waals surface area contributed by atoms with E-state index in [1.807, 2.05) is 31.2 Å². The zero-order chi connectivity index (χ0) is 25.8. The molecule has 0 amide bonds. The van der Waals surface area contributed by atoms with E-state index in [1.54, 1.807) is 48.8 Å². The molecule has 0 radical (unpaired) electrons. The lowest BCUT2D eigenvalue weighted by molar-refractivity contribution is -0.143. The molecule has 1 aliphatic rings. The van der Waals surface area contributed by atoms with Gasteiger partial charge in [-0.05, 0) is 50.1 Å². The Morgan fingerprint density at radius 2 is 1.78 bits per heavy atom. The van der Waals surface area contributed by atoms with Crippen molar-refractivity contribution in [2.24, 2.45) is 4.99 Å². The number of carbonyl (C=O) groups excluding carboxylic acids is 2. The highest BCUT2D eigenvalue weighted by Gasteiger charge is 2.33. The number of ether oxygens (including phenoxy) is 3. The largest absolute Gasteiger partial charge is 0.482 e. The van der Waals surface area contributed by atoms with Gasteiger partial charge in [-0.2, -0.15) is 0 Å². The maximum Gasteiger partial charge on any atom is 0.343 e. The van der Waals surface area contributed by atoms with E-state index in [4.69, 9.17) is 9.47 Å². The van der Waals surface area contributed by atoms with Crippen LogP contribution in [-0.4, -0.2) is 36.8 Å². The number of carbonyl (C=O) groups is 2. The number of esters is 2. The molecule has 0 N–H and O–H groups in total. The van der Waals surface area contributed by atoms with Crippen LogP contribution in [0.25, 0.3) is 6.08 Å². The summed E-state index contributed by atoms with van der Waals surface area (Å²) in [6.45, 7) is 5.52. The van der Waals surface area contributed by atoms with E-state index in [0.29, 0.717) is 26.4 Å². The Kier molecular flexibility index (Phi) is 7.49. The van der Waals surface area contributed by atoms with E-state index < -0.39 is 18.0 Å². The van der Waals surface area contributed by atoms with E-state index in [0.717, 1.165) is 16.7 Å². The number of methoxy groups -OCH3 is 1. The minimum Gasteiger partial charge on any atom is -0.482 e. The van der Waals surface area contributed by atoms with E-state index >= 15 is 0 Å². The maximum atomic E-state index is 13.6. The monoisotopic (exact) mass is 506 g/mol. The molecule has 186 valence electrons. The van der Waals surface area contributed by atoms with Crippen molar-refractivity contribution in [1.29, 1.82) is 0 Å². The zero-order valence-corrected chi connectivity index (χ0v) is 21.3. The van der Waals surface area contributed by atoms with Gasteiger partial charge in [0.2, 0.25) is 0 Å². The van der Waals surface area contributed by atoms with Crippen molar-refractivity contribution < 1.29 is 23.8 Å². The molecule has 2 aromatic carbocycles. The van der Waals surface area contributed by atoms with Crippen molar-refractivity contribution in [3.05, 3.63) is 96.2 Å². The fourth-order valence-electron chi connectivity index (χ4n) is 3.87. The van der Waals surface area contributed by atoms with Crippen LogP contribution in [0.15, 0.2) is 69.6 Å². The Morgan fingerprint density at radius 3 is 2.42 bits per heavy atom. The third-order valence-electron chi connectivity index (χ3n) is 5.67. The average molecular weight is 507 g/mol. The minimum absolute atomic E-state index is 0.185. The lowest BCUT2D eigenvalue weighted by atomic mass is 9.95. The first-order valence-electron chi connectivity index (χ1n) is 11.4. The van der Waals surface area contributed by atoms with Gasteiger partial charge in [0, 0.05) is 0 Å². The summed E-state index contributed by atoms with van der Waals surface area (Å²) in [5, 5.41) is 0. The topological polar surface area (TPSA) is 96.2 Å². The van der Waals surface area contributed by atoms with Crippen LogP contribution >= 0.6 is 11.3 Å². The first kappa shape index (κ1) is 25.1. The number of hydrogen-bond donors (Lipinski definition) is 0. The van der Waals surface area contributed by atoms with Gasteiger partial charge in [-0.15, -0.1) is 0 Å². The smallest absolute Gasteiger partial charge is 0.343 e. The van der Waals surface area contributed by atoms with Crippen molar-refractivity contribution in [3.8, 4) is 5.75 Å². The minimum atomic E-state index is -0.642. The molecule has 2 heterocycles. The van der Waals surface area contributed by atoms with Crippen LogP contribution in [0.2, 0.25) is 0 Å². The van der Waals surface area contributed by atoms with E-state index in [-0.39, 0.29) is 18.8 Å². The summed E-state index contributed by atoms with van der Waals surface area (Å²) in [7, 11) is 1.30. The molecule has 1 atom stereocenters. The second-order valence-electron chi connectivity index (χ2n) is 8.15. The Hall–Kier alpha value is -3.98. The molecule has 1 aliphatic heterocycles. The number of rotatable bonds is 7. The standard InChI is InChI=1S/C27H26N2O6S/c1-5-34-26(32)23-17(3)28-27-29(24(23)19-10-6-16(2)7-11-19)25(31)21(36-27)14-18-8-12-20(13-9-18)35-15-22(30)33-4/h6-14,24H,5,15H2,1-4H3/b21-14+/t24-/m1/s1. The molecular formula is C27H26N2O6S. The number of hydrogen-bond acceptors (Lipinski definition) is 8. The number of benzene rings is 2. The van der Waals surface area contributed by atoms with Crippen molar-refractivity contribution in [2.45, 2.75) is 26.8 Å². The van der Waals surface area contributed by atoms with E-state index in [9.17, 15) is 14.4 Å². The Morgan fingerprint density at radius 1 is 1.08 bits per heavy atom. The molecule has 8 nitrogen and oxygen atoms in total. The summed E-state index contributed by atoms with van der Waals surface area (Å²) in [4.78, 5) is 42.9. The van der Waals surface area contributed by atoms with Crippen LogP contribution in [0.5, 0.6) is 5.75 Å². The van der Waals surface area contributed by atoms with Crippen LogP contribution in [0.1, 0.15) is 36.6 Å².